The molecule has 0 amide bonds. The van der Waals surface area contributed by atoms with Crippen molar-refractivity contribution in [1.29, 1.82) is 0 Å². The van der Waals surface area contributed by atoms with Gasteiger partial charge in [0.15, 0.2) is 0 Å². The summed E-state index contributed by atoms with van der Waals surface area (Å²) in [6.07, 6.45) is 8.88. The molecule has 1 saturated carbocycles. The summed E-state index contributed by atoms with van der Waals surface area (Å²) in [4.78, 5) is 20.6. The molecule has 226 valence electrons. The van der Waals surface area contributed by atoms with Crippen molar-refractivity contribution in [3.63, 3.8) is 0 Å². The van der Waals surface area contributed by atoms with E-state index in [2.05, 4.69) is 15.0 Å². The third kappa shape index (κ3) is 5.15. The molecule has 0 unspecified atom stereocenters. The zero-order chi connectivity index (χ0) is 29.6. The van der Waals surface area contributed by atoms with Crippen LogP contribution in [0.4, 0.5) is 10.2 Å². The van der Waals surface area contributed by atoms with Gasteiger partial charge in [0.05, 0.1) is 37.4 Å². The van der Waals surface area contributed by atoms with E-state index >= 15 is 0 Å². The summed E-state index contributed by atoms with van der Waals surface area (Å²) in [7, 11) is -3.94. The number of benzene rings is 1. The van der Waals surface area contributed by atoms with Crippen LogP contribution in [-0.2, 0) is 30.7 Å². The highest BCUT2D eigenvalue weighted by Gasteiger charge is 2.52. The van der Waals surface area contributed by atoms with Crippen LogP contribution in [0.2, 0.25) is 0 Å². The molecule has 4 heterocycles. The Morgan fingerprint density at radius 1 is 1.07 bits per heavy atom. The standard InChI is InChI=1S/C31H34FN5O5S/c32-25-4-6-26(7-5-25)37-28-16-24-10-11-36(43(39,40)27-8-9-29(33-19-27)35-12-14-41-15-13-35)21-31(24,17-23(28)18-34-37)30(38)42-20-22-2-1-3-22/h4-9,16,18-19,22H,1-3,10-15,17,20-21H2/t31-/m0/s1. The molecule has 1 aromatic carbocycles. The number of fused-ring (bicyclic) bond motifs is 2. The second kappa shape index (κ2) is 11.1. The van der Waals surface area contributed by atoms with Crippen LogP contribution in [0.25, 0.3) is 11.8 Å². The number of sulfonamides is 1. The topological polar surface area (TPSA) is 107 Å². The van der Waals surface area contributed by atoms with E-state index in [4.69, 9.17) is 9.47 Å². The van der Waals surface area contributed by atoms with Gasteiger partial charge in [-0.3, -0.25) is 4.79 Å². The van der Waals surface area contributed by atoms with E-state index in [-0.39, 0.29) is 30.2 Å². The number of pyridine rings is 1. The average molecular weight is 608 g/mol. The van der Waals surface area contributed by atoms with Gasteiger partial charge >= 0.3 is 5.97 Å². The molecule has 3 aromatic rings. The molecule has 0 N–H and O–H groups in total. The number of halogens is 1. The Kier molecular flexibility index (Phi) is 7.30. The van der Waals surface area contributed by atoms with E-state index in [1.165, 1.54) is 22.6 Å². The van der Waals surface area contributed by atoms with E-state index in [9.17, 15) is 17.6 Å². The van der Waals surface area contributed by atoms with Crippen molar-refractivity contribution in [3.05, 3.63) is 71.4 Å². The van der Waals surface area contributed by atoms with Crippen molar-refractivity contribution in [2.75, 3.05) is 50.9 Å². The van der Waals surface area contributed by atoms with E-state index in [1.807, 2.05) is 6.08 Å². The smallest absolute Gasteiger partial charge is 0.317 e. The highest BCUT2D eigenvalue weighted by Crippen LogP contribution is 2.46. The summed E-state index contributed by atoms with van der Waals surface area (Å²) in [5, 5.41) is 4.55. The minimum absolute atomic E-state index is 0.0307. The maximum atomic E-state index is 14.0. The lowest BCUT2D eigenvalue weighted by atomic mass is 9.68. The number of hydrogen-bond acceptors (Lipinski definition) is 8. The van der Waals surface area contributed by atoms with Crippen LogP contribution in [0.15, 0.2) is 59.3 Å². The van der Waals surface area contributed by atoms with Gasteiger partial charge in [-0.25, -0.2) is 22.5 Å². The molecule has 0 radical (unpaired) electrons. The number of carbonyl (C=O) groups excluding carboxylic acids is 1. The first kappa shape index (κ1) is 28.2. The zero-order valence-electron chi connectivity index (χ0n) is 23.8. The molecule has 4 aliphatic rings. The molecule has 3 fully saturated rings. The summed E-state index contributed by atoms with van der Waals surface area (Å²) in [5.41, 5.74) is 1.98. The monoisotopic (exact) mass is 607 g/mol. The maximum absolute atomic E-state index is 14.0. The van der Waals surface area contributed by atoms with Crippen LogP contribution >= 0.6 is 0 Å². The molecular formula is C31H34FN5O5S. The zero-order valence-corrected chi connectivity index (χ0v) is 24.6. The van der Waals surface area contributed by atoms with Crippen LogP contribution in [0.1, 0.15) is 36.9 Å². The lowest BCUT2D eigenvalue weighted by molar-refractivity contribution is -0.157. The molecule has 2 aliphatic carbocycles. The Hall–Kier alpha value is -3.61. The first-order valence-corrected chi connectivity index (χ1v) is 16.3. The number of carbonyl (C=O) groups is 1. The van der Waals surface area contributed by atoms with Gasteiger partial charge in [-0.1, -0.05) is 6.42 Å². The summed E-state index contributed by atoms with van der Waals surface area (Å²) >= 11 is 0. The summed E-state index contributed by atoms with van der Waals surface area (Å²) < 4.78 is 55.9. The van der Waals surface area contributed by atoms with Gasteiger partial charge in [0.2, 0.25) is 10.0 Å². The number of piperidine rings is 1. The number of morpholine rings is 1. The third-order valence-electron chi connectivity index (χ3n) is 9.21. The molecule has 10 nitrogen and oxygen atoms in total. The van der Waals surface area contributed by atoms with E-state index in [1.54, 1.807) is 35.1 Å². The largest absolute Gasteiger partial charge is 0.465 e. The molecule has 2 aromatic heterocycles. The van der Waals surface area contributed by atoms with Crippen LogP contribution < -0.4 is 4.90 Å². The number of aromatic nitrogens is 3. The summed E-state index contributed by atoms with van der Waals surface area (Å²) in [6, 6.07) is 9.39. The van der Waals surface area contributed by atoms with Gasteiger partial charge in [-0.05, 0) is 85.2 Å². The van der Waals surface area contributed by atoms with Gasteiger partial charge in [-0.2, -0.15) is 9.40 Å². The second-order valence-electron chi connectivity index (χ2n) is 11.8. The molecule has 2 saturated heterocycles. The van der Waals surface area contributed by atoms with Crippen molar-refractivity contribution in [1.82, 2.24) is 19.1 Å². The van der Waals surface area contributed by atoms with Crippen molar-refractivity contribution >= 4 is 27.9 Å². The normalized spacial score (nSPS) is 22.7. The van der Waals surface area contributed by atoms with Gasteiger partial charge in [0.25, 0.3) is 0 Å². The van der Waals surface area contributed by atoms with Crippen molar-refractivity contribution in [3.8, 4) is 5.69 Å². The number of anilines is 1. The van der Waals surface area contributed by atoms with Crippen LogP contribution in [0.5, 0.6) is 0 Å². The first-order chi connectivity index (χ1) is 20.8. The third-order valence-corrected chi connectivity index (χ3v) is 11.0. The Balaban J connectivity index is 1.19. The summed E-state index contributed by atoms with van der Waals surface area (Å²) in [5.74, 6) is 0.329. The van der Waals surface area contributed by atoms with Crippen LogP contribution in [0, 0.1) is 17.2 Å². The molecule has 0 bridgehead atoms. The van der Waals surface area contributed by atoms with Gasteiger partial charge in [0.1, 0.15) is 21.9 Å². The SMILES string of the molecule is O=C(OCC1CCC1)[C@]12Cc3cnn(-c4ccc(F)cc4)c3C=C1CCN(S(=O)(=O)c1ccc(N3CCOCC3)nc1)C2. The number of hydrogen-bond donors (Lipinski definition) is 0. The Labute approximate surface area is 250 Å². The number of rotatable bonds is 7. The van der Waals surface area contributed by atoms with Crippen molar-refractivity contribution in [2.24, 2.45) is 11.3 Å². The highest BCUT2D eigenvalue weighted by atomic mass is 32.2. The lowest BCUT2D eigenvalue weighted by Crippen LogP contribution is -2.53. The van der Waals surface area contributed by atoms with E-state index in [0.29, 0.717) is 56.8 Å². The number of nitrogens with zero attached hydrogens (tertiary/aromatic N) is 5. The highest BCUT2D eigenvalue weighted by molar-refractivity contribution is 7.89. The molecule has 2 aliphatic heterocycles. The molecular weight excluding hydrogens is 573 g/mol. The fourth-order valence-electron chi connectivity index (χ4n) is 6.42. The van der Waals surface area contributed by atoms with E-state index < -0.39 is 21.4 Å². The quantitative estimate of drug-likeness (QED) is 0.375. The minimum Gasteiger partial charge on any atom is -0.465 e. The summed E-state index contributed by atoms with van der Waals surface area (Å²) in [6.45, 7) is 3.14. The lowest BCUT2D eigenvalue weighted by Gasteiger charge is -2.44. The van der Waals surface area contributed by atoms with Gasteiger partial charge < -0.3 is 14.4 Å². The number of ether oxygens (including phenoxy) is 2. The predicted molar refractivity (Wildman–Crippen MR) is 157 cm³/mol. The fourth-order valence-corrected chi connectivity index (χ4v) is 7.87. The van der Waals surface area contributed by atoms with Gasteiger partial charge in [0, 0.05) is 32.4 Å². The van der Waals surface area contributed by atoms with Crippen molar-refractivity contribution in [2.45, 2.75) is 37.0 Å². The molecule has 43 heavy (non-hydrogen) atoms. The molecule has 0 spiro atoms. The number of esters is 1. The fraction of sp³-hybridized carbons (Fsp3) is 0.452. The molecule has 1 atom stereocenters. The maximum Gasteiger partial charge on any atom is 0.317 e. The van der Waals surface area contributed by atoms with Crippen molar-refractivity contribution < 1.29 is 27.1 Å². The molecule has 7 rings (SSSR count). The van der Waals surface area contributed by atoms with E-state index in [0.717, 1.165) is 36.1 Å². The molecule has 12 heteroatoms. The Bertz CT molecular complexity index is 1650. The Morgan fingerprint density at radius 2 is 1.86 bits per heavy atom. The first-order valence-electron chi connectivity index (χ1n) is 14.8. The minimum atomic E-state index is -3.94. The average Bonchev–Trinajstić information content (AvgIpc) is 3.41. The second-order valence-corrected chi connectivity index (χ2v) is 13.7. The Morgan fingerprint density at radius 3 is 2.56 bits per heavy atom. The van der Waals surface area contributed by atoms with Crippen LogP contribution in [-0.4, -0.2) is 79.5 Å². The van der Waals surface area contributed by atoms with Crippen LogP contribution in [0.3, 0.4) is 0 Å². The predicted octanol–water partition coefficient (Wildman–Crippen LogP) is 3.61. The van der Waals surface area contributed by atoms with Gasteiger partial charge in [-0.15, -0.1) is 0 Å².